The van der Waals surface area contributed by atoms with Crippen LogP contribution < -0.4 is 0 Å². The van der Waals surface area contributed by atoms with E-state index in [1.807, 2.05) is 6.92 Å². The van der Waals surface area contributed by atoms with E-state index in [1.165, 1.54) is 0 Å². The fraction of sp³-hybridized carbons (Fsp3) is 0.889. The number of likely N-dealkylation sites (tertiary alicyclic amines) is 1. The highest BCUT2D eigenvalue weighted by Gasteiger charge is 2.18. The van der Waals surface area contributed by atoms with Gasteiger partial charge < -0.3 is 4.74 Å². The molecular formula is C9H16N2O. The van der Waals surface area contributed by atoms with Crippen molar-refractivity contribution in [1.82, 2.24) is 4.90 Å². The Kier molecular flexibility index (Phi) is 4.06. The zero-order valence-corrected chi connectivity index (χ0v) is 7.62. The van der Waals surface area contributed by atoms with Crippen molar-refractivity contribution in [3.05, 3.63) is 0 Å². The Morgan fingerprint density at radius 3 is 2.67 bits per heavy atom. The molecular weight excluding hydrogens is 152 g/mol. The highest BCUT2D eigenvalue weighted by Crippen LogP contribution is 2.12. The molecule has 0 spiro atoms. The second kappa shape index (κ2) is 5.13. The third-order valence-corrected chi connectivity index (χ3v) is 2.23. The average molecular weight is 168 g/mol. The number of nitrogens with zero attached hydrogens (tertiary/aromatic N) is 2. The predicted molar refractivity (Wildman–Crippen MR) is 46.7 cm³/mol. The number of nitriles is 1. The number of rotatable bonds is 3. The van der Waals surface area contributed by atoms with Crippen LogP contribution in [0.3, 0.4) is 0 Å². The normalized spacial score (nSPS) is 20.7. The second-order valence-electron chi connectivity index (χ2n) is 3.09. The molecule has 1 heterocycles. The Hall–Kier alpha value is -0.590. The van der Waals surface area contributed by atoms with Crippen molar-refractivity contribution in [2.75, 3.05) is 26.2 Å². The third-order valence-electron chi connectivity index (χ3n) is 2.23. The van der Waals surface area contributed by atoms with Gasteiger partial charge in [-0.05, 0) is 19.8 Å². The molecule has 3 heteroatoms. The summed E-state index contributed by atoms with van der Waals surface area (Å²) in [5, 5.41) is 8.46. The molecule has 0 unspecified atom stereocenters. The van der Waals surface area contributed by atoms with E-state index in [-0.39, 0.29) is 0 Å². The summed E-state index contributed by atoms with van der Waals surface area (Å²) >= 11 is 0. The molecule has 0 amide bonds. The van der Waals surface area contributed by atoms with E-state index in [9.17, 15) is 0 Å². The standard InChI is InChI=1S/C9H16N2O/c1-2-12-9-3-6-11(7-4-9)8-5-10/h9H,2-4,6-8H2,1H3. The van der Waals surface area contributed by atoms with Crippen molar-refractivity contribution in [1.29, 1.82) is 5.26 Å². The van der Waals surface area contributed by atoms with Crippen molar-refractivity contribution in [3.63, 3.8) is 0 Å². The van der Waals surface area contributed by atoms with Crippen LogP contribution in [0.1, 0.15) is 19.8 Å². The predicted octanol–water partition coefficient (Wildman–Crippen LogP) is 1.01. The van der Waals surface area contributed by atoms with Crippen LogP contribution in [0.25, 0.3) is 0 Å². The molecule has 1 aliphatic heterocycles. The minimum atomic E-state index is 0.435. The highest BCUT2D eigenvalue weighted by molar-refractivity contribution is 4.80. The van der Waals surface area contributed by atoms with Gasteiger partial charge in [0.1, 0.15) is 0 Å². The lowest BCUT2D eigenvalue weighted by Crippen LogP contribution is -2.37. The lowest BCUT2D eigenvalue weighted by molar-refractivity contribution is 0.0170. The lowest BCUT2D eigenvalue weighted by Gasteiger charge is -2.29. The first-order valence-electron chi connectivity index (χ1n) is 4.57. The van der Waals surface area contributed by atoms with Gasteiger partial charge in [0.2, 0.25) is 0 Å². The molecule has 1 aliphatic rings. The van der Waals surface area contributed by atoms with Crippen LogP contribution >= 0.6 is 0 Å². The zero-order valence-electron chi connectivity index (χ0n) is 7.62. The zero-order chi connectivity index (χ0) is 8.81. The van der Waals surface area contributed by atoms with E-state index in [0.717, 1.165) is 32.5 Å². The molecule has 0 saturated carbocycles. The monoisotopic (exact) mass is 168 g/mol. The van der Waals surface area contributed by atoms with Gasteiger partial charge in [0.15, 0.2) is 0 Å². The highest BCUT2D eigenvalue weighted by atomic mass is 16.5. The summed E-state index contributed by atoms with van der Waals surface area (Å²) in [6, 6.07) is 2.17. The van der Waals surface area contributed by atoms with Crippen LogP contribution in [0.5, 0.6) is 0 Å². The molecule has 1 rings (SSSR count). The van der Waals surface area contributed by atoms with Crippen LogP contribution in [-0.2, 0) is 4.74 Å². The maximum absolute atomic E-state index is 8.46. The van der Waals surface area contributed by atoms with E-state index in [2.05, 4.69) is 11.0 Å². The second-order valence-corrected chi connectivity index (χ2v) is 3.09. The van der Waals surface area contributed by atoms with Crippen LogP contribution in [0.4, 0.5) is 0 Å². The number of hydrogen-bond donors (Lipinski definition) is 0. The first-order valence-corrected chi connectivity index (χ1v) is 4.57. The van der Waals surface area contributed by atoms with Crippen molar-refractivity contribution in [3.8, 4) is 6.07 Å². The molecule has 0 aliphatic carbocycles. The third kappa shape index (κ3) is 2.80. The Morgan fingerprint density at radius 2 is 2.17 bits per heavy atom. The SMILES string of the molecule is CCOC1CCN(CC#N)CC1. The first-order chi connectivity index (χ1) is 5.86. The average Bonchev–Trinajstić information content (AvgIpc) is 2.09. The summed E-state index contributed by atoms with van der Waals surface area (Å²) in [5.74, 6) is 0. The van der Waals surface area contributed by atoms with Crippen molar-refractivity contribution >= 4 is 0 Å². The Balaban J connectivity index is 2.16. The van der Waals surface area contributed by atoms with Gasteiger partial charge in [-0.2, -0.15) is 5.26 Å². The number of ether oxygens (including phenoxy) is 1. The van der Waals surface area contributed by atoms with E-state index in [0.29, 0.717) is 12.6 Å². The van der Waals surface area contributed by atoms with Gasteiger partial charge in [0, 0.05) is 19.7 Å². The molecule has 0 atom stereocenters. The molecule has 0 radical (unpaired) electrons. The van der Waals surface area contributed by atoms with Crippen molar-refractivity contribution in [2.24, 2.45) is 0 Å². The van der Waals surface area contributed by atoms with E-state index in [1.54, 1.807) is 0 Å². The number of hydrogen-bond acceptors (Lipinski definition) is 3. The lowest BCUT2D eigenvalue weighted by atomic mass is 10.1. The van der Waals surface area contributed by atoms with Gasteiger partial charge >= 0.3 is 0 Å². The summed E-state index contributed by atoms with van der Waals surface area (Å²) < 4.78 is 5.50. The minimum absolute atomic E-state index is 0.435. The fourth-order valence-electron chi connectivity index (χ4n) is 1.57. The smallest absolute Gasteiger partial charge is 0.0866 e. The van der Waals surface area contributed by atoms with Gasteiger partial charge in [0.05, 0.1) is 18.7 Å². The molecule has 0 aromatic rings. The van der Waals surface area contributed by atoms with Crippen LogP contribution in [0.2, 0.25) is 0 Å². The summed E-state index contributed by atoms with van der Waals surface area (Å²) in [6.07, 6.45) is 2.59. The summed E-state index contributed by atoms with van der Waals surface area (Å²) in [6.45, 7) is 5.43. The molecule has 0 aromatic carbocycles. The maximum Gasteiger partial charge on any atom is 0.0866 e. The first kappa shape index (κ1) is 9.50. The summed E-state index contributed by atoms with van der Waals surface area (Å²) in [7, 11) is 0. The minimum Gasteiger partial charge on any atom is -0.378 e. The van der Waals surface area contributed by atoms with Crippen LogP contribution in [0, 0.1) is 11.3 Å². The molecule has 0 N–H and O–H groups in total. The maximum atomic E-state index is 8.46. The number of piperidine rings is 1. The summed E-state index contributed by atoms with van der Waals surface area (Å²) in [4.78, 5) is 2.18. The fourth-order valence-corrected chi connectivity index (χ4v) is 1.57. The van der Waals surface area contributed by atoms with Crippen molar-refractivity contribution in [2.45, 2.75) is 25.9 Å². The van der Waals surface area contributed by atoms with Crippen LogP contribution in [-0.4, -0.2) is 37.2 Å². The Labute approximate surface area is 73.9 Å². The quantitative estimate of drug-likeness (QED) is 0.590. The van der Waals surface area contributed by atoms with Gasteiger partial charge in [-0.25, -0.2) is 0 Å². The topological polar surface area (TPSA) is 36.3 Å². The summed E-state index contributed by atoms with van der Waals surface area (Å²) in [5.41, 5.74) is 0. The van der Waals surface area contributed by atoms with Gasteiger partial charge in [-0.1, -0.05) is 0 Å². The van der Waals surface area contributed by atoms with E-state index >= 15 is 0 Å². The van der Waals surface area contributed by atoms with Gasteiger partial charge in [-0.15, -0.1) is 0 Å². The molecule has 12 heavy (non-hydrogen) atoms. The molecule has 0 aromatic heterocycles. The Bertz CT molecular complexity index is 156. The van der Waals surface area contributed by atoms with Crippen LogP contribution in [0.15, 0.2) is 0 Å². The van der Waals surface area contributed by atoms with Crippen molar-refractivity contribution < 1.29 is 4.74 Å². The van der Waals surface area contributed by atoms with Gasteiger partial charge in [0.25, 0.3) is 0 Å². The van der Waals surface area contributed by atoms with E-state index in [4.69, 9.17) is 10.00 Å². The molecule has 68 valence electrons. The van der Waals surface area contributed by atoms with E-state index < -0.39 is 0 Å². The Morgan fingerprint density at radius 1 is 1.50 bits per heavy atom. The molecule has 0 bridgehead atoms. The largest absolute Gasteiger partial charge is 0.378 e. The molecule has 1 saturated heterocycles. The van der Waals surface area contributed by atoms with Gasteiger partial charge in [-0.3, -0.25) is 4.90 Å². The molecule has 3 nitrogen and oxygen atoms in total. The molecule has 1 fully saturated rings.